The van der Waals surface area contributed by atoms with E-state index in [1.54, 1.807) is 6.20 Å². The van der Waals surface area contributed by atoms with Gasteiger partial charge in [0.1, 0.15) is 0 Å². The van der Waals surface area contributed by atoms with Crippen LogP contribution in [-0.2, 0) is 13.0 Å². The fraction of sp³-hybridized carbons (Fsp3) is 0.375. The van der Waals surface area contributed by atoms with Gasteiger partial charge in [-0.05, 0) is 43.0 Å². The van der Waals surface area contributed by atoms with E-state index in [9.17, 15) is 4.79 Å². The van der Waals surface area contributed by atoms with Crippen LogP contribution in [-0.4, -0.2) is 28.8 Å². The standard InChI is InChI=1S/C16H20N4O/c21-16(18-9-3-11-20-12-4-10-19-20)14-5-1-7-15-13(14)6-2-8-17-15/h1,4-5,7,10,12,17H,2-3,6,8-9,11H2,(H,18,21). The summed E-state index contributed by atoms with van der Waals surface area (Å²) in [7, 11) is 0. The van der Waals surface area contributed by atoms with E-state index in [2.05, 4.69) is 15.7 Å². The SMILES string of the molecule is O=C(NCCCn1cccn1)c1cccc2c1CCCN2. The fourth-order valence-electron chi connectivity index (χ4n) is 2.69. The first-order chi connectivity index (χ1) is 10.3. The molecule has 110 valence electrons. The van der Waals surface area contributed by atoms with Crippen LogP contribution in [0.4, 0.5) is 5.69 Å². The van der Waals surface area contributed by atoms with Crippen LogP contribution < -0.4 is 10.6 Å². The molecule has 5 nitrogen and oxygen atoms in total. The van der Waals surface area contributed by atoms with Gasteiger partial charge in [0.15, 0.2) is 0 Å². The van der Waals surface area contributed by atoms with Crippen LogP contribution in [0.2, 0.25) is 0 Å². The molecule has 3 rings (SSSR count). The maximum Gasteiger partial charge on any atom is 0.251 e. The first kappa shape index (κ1) is 13.7. The molecule has 2 aromatic rings. The second-order valence-corrected chi connectivity index (χ2v) is 5.24. The topological polar surface area (TPSA) is 59.0 Å². The molecule has 1 amide bonds. The minimum atomic E-state index is 0.0241. The normalized spacial score (nSPS) is 13.3. The van der Waals surface area contributed by atoms with Crippen LogP contribution in [0.5, 0.6) is 0 Å². The molecule has 1 aliphatic rings. The summed E-state index contributed by atoms with van der Waals surface area (Å²) in [5, 5.41) is 10.5. The van der Waals surface area contributed by atoms with Crippen molar-refractivity contribution in [1.82, 2.24) is 15.1 Å². The Bertz CT molecular complexity index is 607. The van der Waals surface area contributed by atoms with Gasteiger partial charge in [0.2, 0.25) is 0 Å². The number of nitrogens with zero attached hydrogens (tertiary/aromatic N) is 2. The van der Waals surface area contributed by atoms with Gasteiger partial charge < -0.3 is 10.6 Å². The van der Waals surface area contributed by atoms with Crippen molar-refractivity contribution in [3.05, 3.63) is 47.8 Å². The number of aryl methyl sites for hydroxylation is 1. The third-order valence-corrected chi connectivity index (χ3v) is 3.75. The number of hydrogen-bond donors (Lipinski definition) is 2. The highest BCUT2D eigenvalue weighted by Crippen LogP contribution is 2.25. The van der Waals surface area contributed by atoms with E-state index in [0.717, 1.165) is 49.2 Å². The minimum Gasteiger partial charge on any atom is -0.385 e. The monoisotopic (exact) mass is 284 g/mol. The summed E-state index contributed by atoms with van der Waals surface area (Å²) < 4.78 is 1.88. The van der Waals surface area contributed by atoms with E-state index in [4.69, 9.17) is 0 Å². The van der Waals surface area contributed by atoms with Crippen molar-refractivity contribution in [2.75, 3.05) is 18.4 Å². The summed E-state index contributed by atoms with van der Waals surface area (Å²) in [6, 6.07) is 7.80. The molecule has 2 N–H and O–H groups in total. The Kier molecular flexibility index (Phi) is 4.19. The van der Waals surface area contributed by atoms with Crippen LogP contribution in [0.25, 0.3) is 0 Å². The van der Waals surface area contributed by atoms with Gasteiger partial charge in [-0.3, -0.25) is 9.48 Å². The van der Waals surface area contributed by atoms with Crippen LogP contribution in [0.3, 0.4) is 0 Å². The van der Waals surface area contributed by atoms with Crippen molar-refractivity contribution < 1.29 is 4.79 Å². The van der Waals surface area contributed by atoms with Crippen molar-refractivity contribution in [2.45, 2.75) is 25.8 Å². The van der Waals surface area contributed by atoms with Gasteiger partial charge in [0, 0.05) is 43.3 Å². The molecule has 0 bridgehead atoms. The number of anilines is 1. The van der Waals surface area contributed by atoms with Crippen molar-refractivity contribution >= 4 is 11.6 Å². The Morgan fingerprint density at radius 3 is 3.19 bits per heavy atom. The van der Waals surface area contributed by atoms with E-state index in [1.807, 2.05) is 35.1 Å². The quantitative estimate of drug-likeness (QED) is 0.826. The lowest BCUT2D eigenvalue weighted by atomic mass is 9.97. The molecule has 0 aliphatic carbocycles. The Labute approximate surface area is 124 Å². The Balaban J connectivity index is 1.56. The zero-order valence-electron chi connectivity index (χ0n) is 12.0. The van der Waals surface area contributed by atoms with Crippen molar-refractivity contribution in [2.24, 2.45) is 0 Å². The molecule has 1 aromatic heterocycles. The lowest BCUT2D eigenvalue weighted by Crippen LogP contribution is -2.27. The largest absolute Gasteiger partial charge is 0.385 e. The number of amides is 1. The van der Waals surface area contributed by atoms with Crippen molar-refractivity contribution in [1.29, 1.82) is 0 Å². The molecule has 0 saturated heterocycles. The number of carbonyl (C=O) groups is 1. The number of aromatic nitrogens is 2. The number of hydrogen-bond acceptors (Lipinski definition) is 3. The maximum atomic E-state index is 12.3. The summed E-state index contributed by atoms with van der Waals surface area (Å²) in [4.78, 5) is 12.3. The number of fused-ring (bicyclic) bond motifs is 1. The zero-order valence-corrected chi connectivity index (χ0v) is 12.0. The highest BCUT2D eigenvalue weighted by molar-refractivity contribution is 5.97. The molecule has 0 spiro atoms. The Morgan fingerprint density at radius 2 is 2.33 bits per heavy atom. The van der Waals surface area contributed by atoms with E-state index in [1.165, 1.54) is 0 Å². The lowest BCUT2D eigenvalue weighted by molar-refractivity contribution is 0.0951. The average molecular weight is 284 g/mol. The highest BCUT2D eigenvalue weighted by atomic mass is 16.1. The van der Waals surface area contributed by atoms with Crippen LogP contribution in [0.15, 0.2) is 36.7 Å². The summed E-state index contributed by atoms with van der Waals surface area (Å²) >= 11 is 0. The van der Waals surface area contributed by atoms with Crippen LogP contribution in [0, 0.1) is 0 Å². The second kappa shape index (κ2) is 6.43. The van der Waals surface area contributed by atoms with Gasteiger partial charge >= 0.3 is 0 Å². The van der Waals surface area contributed by atoms with Crippen LogP contribution in [0.1, 0.15) is 28.8 Å². The molecule has 1 aliphatic heterocycles. The van der Waals surface area contributed by atoms with Crippen molar-refractivity contribution in [3.63, 3.8) is 0 Å². The van der Waals surface area contributed by atoms with Crippen molar-refractivity contribution in [3.8, 4) is 0 Å². The van der Waals surface area contributed by atoms with E-state index in [-0.39, 0.29) is 5.91 Å². The molecule has 5 heteroatoms. The van der Waals surface area contributed by atoms with Crippen LogP contribution >= 0.6 is 0 Å². The Morgan fingerprint density at radius 1 is 1.38 bits per heavy atom. The molecule has 0 radical (unpaired) electrons. The summed E-state index contributed by atoms with van der Waals surface area (Å²) in [5.41, 5.74) is 3.05. The first-order valence-electron chi connectivity index (χ1n) is 7.46. The number of nitrogens with one attached hydrogen (secondary N) is 2. The van der Waals surface area contributed by atoms with Gasteiger partial charge in [0.25, 0.3) is 5.91 Å². The lowest BCUT2D eigenvalue weighted by Gasteiger charge is -2.20. The maximum absolute atomic E-state index is 12.3. The molecule has 0 fully saturated rings. The molecular formula is C16H20N4O. The smallest absolute Gasteiger partial charge is 0.251 e. The summed E-state index contributed by atoms with van der Waals surface area (Å²) in [5.74, 6) is 0.0241. The molecule has 21 heavy (non-hydrogen) atoms. The second-order valence-electron chi connectivity index (χ2n) is 5.24. The summed E-state index contributed by atoms with van der Waals surface area (Å²) in [6.07, 6.45) is 6.62. The van der Waals surface area contributed by atoms with E-state index in [0.29, 0.717) is 6.54 Å². The first-order valence-corrected chi connectivity index (χ1v) is 7.46. The van der Waals surface area contributed by atoms with E-state index < -0.39 is 0 Å². The van der Waals surface area contributed by atoms with Gasteiger partial charge in [-0.2, -0.15) is 5.10 Å². The predicted molar refractivity (Wildman–Crippen MR) is 82.4 cm³/mol. The Hall–Kier alpha value is -2.30. The molecule has 0 saturated carbocycles. The number of carbonyl (C=O) groups excluding carboxylic acids is 1. The zero-order chi connectivity index (χ0) is 14.5. The van der Waals surface area contributed by atoms with Gasteiger partial charge in [-0.15, -0.1) is 0 Å². The molecule has 2 heterocycles. The predicted octanol–water partition coefficient (Wildman–Crippen LogP) is 2.06. The number of rotatable bonds is 5. The fourth-order valence-corrected chi connectivity index (χ4v) is 2.69. The third-order valence-electron chi connectivity index (χ3n) is 3.75. The highest BCUT2D eigenvalue weighted by Gasteiger charge is 2.16. The van der Waals surface area contributed by atoms with Gasteiger partial charge in [-0.25, -0.2) is 0 Å². The van der Waals surface area contributed by atoms with Gasteiger partial charge in [0.05, 0.1) is 0 Å². The average Bonchev–Trinajstić information content (AvgIpc) is 3.04. The summed E-state index contributed by atoms with van der Waals surface area (Å²) in [6.45, 7) is 2.47. The van der Waals surface area contributed by atoms with Gasteiger partial charge in [-0.1, -0.05) is 6.07 Å². The molecule has 1 aromatic carbocycles. The molecular weight excluding hydrogens is 264 g/mol. The molecule has 0 unspecified atom stereocenters. The van der Waals surface area contributed by atoms with E-state index >= 15 is 0 Å². The minimum absolute atomic E-state index is 0.0241. The third kappa shape index (κ3) is 3.24. The number of benzene rings is 1. The molecule has 0 atom stereocenters.